The summed E-state index contributed by atoms with van der Waals surface area (Å²) in [5, 5.41) is 8.76. The van der Waals surface area contributed by atoms with E-state index in [0.717, 1.165) is 11.3 Å². The Bertz CT molecular complexity index is 946. The van der Waals surface area contributed by atoms with Crippen molar-refractivity contribution < 1.29 is 9.53 Å². The Kier molecular flexibility index (Phi) is 3.90. The molecule has 3 aromatic carbocycles. The van der Waals surface area contributed by atoms with Crippen LogP contribution in [0.3, 0.4) is 0 Å². The number of hydrogen-bond donors (Lipinski definition) is 2. The van der Waals surface area contributed by atoms with Crippen molar-refractivity contribution in [3.63, 3.8) is 0 Å². The Labute approximate surface area is 146 Å². The maximum atomic E-state index is 11.9. The average Bonchev–Trinajstić information content (AvgIpc) is 2.64. The molecule has 4 rings (SSSR count). The molecule has 4 nitrogen and oxygen atoms in total. The van der Waals surface area contributed by atoms with Crippen LogP contribution in [-0.2, 0) is 4.79 Å². The fourth-order valence-electron chi connectivity index (χ4n) is 3.41. The summed E-state index contributed by atoms with van der Waals surface area (Å²) in [5.41, 5.74) is 3.01. The van der Waals surface area contributed by atoms with E-state index < -0.39 is 6.10 Å². The Morgan fingerprint density at radius 2 is 1.88 bits per heavy atom. The molecule has 0 spiro atoms. The zero-order valence-corrected chi connectivity index (χ0v) is 14.2. The van der Waals surface area contributed by atoms with Crippen LogP contribution < -0.4 is 15.4 Å². The minimum Gasteiger partial charge on any atom is -0.479 e. The van der Waals surface area contributed by atoms with Gasteiger partial charge in [-0.05, 0) is 48.0 Å². The molecule has 0 aromatic heterocycles. The summed E-state index contributed by atoms with van der Waals surface area (Å²) in [7, 11) is 1.95. The first kappa shape index (κ1) is 15.7. The molecule has 0 bridgehead atoms. The summed E-state index contributed by atoms with van der Waals surface area (Å²) in [6.07, 6.45) is -0.462. The van der Waals surface area contributed by atoms with E-state index in [0.29, 0.717) is 5.75 Å². The molecule has 25 heavy (non-hydrogen) atoms. The Hall–Kier alpha value is -2.85. The van der Waals surface area contributed by atoms with Gasteiger partial charge in [-0.3, -0.25) is 4.79 Å². The molecule has 2 N–H and O–H groups in total. The van der Waals surface area contributed by atoms with E-state index in [-0.39, 0.29) is 11.9 Å². The van der Waals surface area contributed by atoms with Crippen LogP contribution in [0.5, 0.6) is 5.75 Å². The van der Waals surface area contributed by atoms with E-state index in [1.54, 1.807) is 6.92 Å². The van der Waals surface area contributed by atoms with Crippen molar-refractivity contribution in [2.45, 2.75) is 19.1 Å². The first-order chi connectivity index (χ1) is 12.2. The van der Waals surface area contributed by atoms with Gasteiger partial charge in [0.15, 0.2) is 6.10 Å². The molecule has 1 aliphatic heterocycles. The van der Waals surface area contributed by atoms with Crippen LogP contribution in [0, 0.1) is 0 Å². The second-order valence-corrected chi connectivity index (χ2v) is 6.29. The summed E-state index contributed by atoms with van der Waals surface area (Å²) in [5.74, 6) is 0.597. The van der Waals surface area contributed by atoms with E-state index in [9.17, 15) is 4.79 Å². The molecule has 3 aromatic rings. The molecule has 0 fully saturated rings. The van der Waals surface area contributed by atoms with Gasteiger partial charge in [-0.2, -0.15) is 0 Å². The Morgan fingerprint density at radius 1 is 1.08 bits per heavy atom. The van der Waals surface area contributed by atoms with Crippen molar-refractivity contribution in [2.24, 2.45) is 0 Å². The molecular formula is C21H20N2O2. The molecule has 0 aliphatic carbocycles. The monoisotopic (exact) mass is 332 g/mol. The molecule has 0 saturated carbocycles. The van der Waals surface area contributed by atoms with Crippen LogP contribution in [0.15, 0.2) is 60.7 Å². The lowest BCUT2D eigenvalue weighted by Gasteiger charge is -2.26. The van der Waals surface area contributed by atoms with E-state index in [4.69, 9.17) is 4.74 Å². The van der Waals surface area contributed by atoms with Crippen LogP contribution in [0.25, 0.3) is 10.8 Å². The molecule has 0 radical (unpaired) electrons. The van der Waals surface area contributed by atoms with Gasteiger partial charge in [0.05, 0.1) is 11.7 Å². The molecule has 126 valence electrons. The summed E-state index contributed by atoms with van der Waals surface area (Å²) in [6, 6.07) is 20.7. The van der Waals surface area contributed by atoms with E-state index in [1.807, 2.05) is 31.3 Å². The van der Waals surface area contributed by atoms with Crippen LogP contribution in [0.2, 0.25) is 0 Å². The third kappa shape index (κ3) is 2.75. The predicted molar refractivity (Wildman–Crippen MR) is 100 cm³/mol. The van der Waals surface area contributed by atoms with Gasteiger partial charge in [0.1, 0.15) is 5.75 Å². The number of anilines is 1. The maximum Gasteiger partial charge on any atom is 0.265 e. The van der Waals surface area contributed by atoms with E-state index >= 15 is 0 Å². The van der Waals surface area contributed by atoms with Crippen molar-refractivity contribution in [1.29, 1.82) is 0 Å². The lowest BCUT2D eigenvalue weighted by atomic mass is 9.93. The number of ether oxygens (including phenoxy) is 1. The third-order valence-corrected chi connectivity index (χ3v) is 4.69. The Balaban J connectivity index is 1.79. The third-order valence-electron chi connectivity index (χ3n) is 4.69. The smallest absolute Gasteiger partial charge is 0.265 e. The predicted octanol–water partition coefficient (Wildman–Crippen LogP) is 3.87. The zero-order valence-electron chi connectivity index (χ0n) is 14.2. The van der Waals surface area contributed by atoms with Gasteiger partial charge in [-0.25, -0.2) is 0 Å². The zero-order chi connectivity index (χ0) is 17.4. The van der Waals surface area contributed by atoms with Crippen molar-refractivity contribution in [3.05, 3.63) is 71.8 Å². The van der Waals surface area contributed by atoms with Gasteiger partial charge in [-0.15, -0.1) is 0 Å². The van der Waals surface area contributed by atoms with Crippen LogP contribution in [-0.4, -0.2) is 19.1 Å². The SMILES string of the molecule is CNC(c1ccc2c(c1)NC(=O)C(C)O2)c1cccc2ccccc12. The topological polar surface area (TPSA) is 50.4 Å². The lowest BCUT2D eigenvalue weighted by Crippen LogP contribution is -2.34. The number of hydrogen-bond acceptors (Lipinski definition) is 3. The average molecular weight is 332 g/mol. The van der Waals surface area contributed by atoms with Gasteiger partial charge in [-0.1, -0.05) is 48.5 Å². The Morgan fingerprint density at radius 3 is 2.72 bits per heavy atom. The minimum absolute atomic E-state index is 0.0210. The number of nitrogens with one attached hydrogen (secondary N) is 2. The van der Waals surface area contributed by atoms with Crippen LogP contribution in [0.1, 0.15) is 24.1 Å². The number of carbonyl (C=O) groups excluding carboxylic acids is 1. The molecule has 1 aliphatic rings. The van der Waals surface area contributed by atoms with Crippen molar-refractivity contribution in [2.75, 3.05) is 12.4 Å². The van der Waals surface area contributed by atoms with Crippen molar-refractivity contribution in [1.82, 2.24) is 5.32 Å². The summed E-state index contributed by atoms with van der Waals surface area (Å²) < 4.78 is 5.66. The molecule has 1 heterocycles. The van der Waals surface area contributed by atoms with E-state index in [2.05, 4.69) is 47.0 Å². The number of benzene rings is 3. The number of amides is 1. The highest BCUT2D eigenvalue weighted by Gasteiger charge is 2.25. The second-order valence-electron chi connectivity index (χ2n) is 6.29. The van der Waals surface area contributed by atoms with Gasteiger partial charge >= 0.3 is 0 Å². The molecule has 2 unspecified atom stereocenters. The quantitative estimate of drug-likeness (QED) is 0.765. The molecule has 2 atom stereocenters. The highest BCUT2D eigenvalue weighted by molar-refractivity contribution is 5.97. The first-order valence-electron chi connectivity index (χ1n) is 8.44. The summed E-state index contributed by atoms with van der Waals surface area (Å²) >= 11 is 0. The molecule has 1 amide bonds. The summed E-state index contributed by atoms with van der Waals surface area (Å²) in [6.45, 7) is 1.75. The fourth-order valence-corrected chi connectivity index (χ4v) is 3.41. The van der Waals surface area contributed by atoms with Crippen LogP contribution in [0.4, 0.5) is 5.69 Å². The maximum absolute atomic E-state index is 11.9. The number of carbonyl (C=O) groups is 1. The molecule has 0 saturated heterocycles. The fraction of sp³-hybridized carbons (Fsp3) is 0.190. The summed E-state index contributed by atoms with van der Waals surface area (Å²) in [4.78, 5) is 11.9. The van der Waals surface area contributed by atoms with Crippen molar-refractivity contribution >= 4 is 22.4 Å². The molecule has 4 heteroatoms. The highest BCUT2D eigenvalue weighted by atomic mass is 16.5. The largest absolute Gasteiger partial charge is 0.479 e. The standard InChI is InChI=1S/C21H20N2O2/c1-13-21(24)23-18-12-15(10-11-19(18)25-13)20(22-2)17-9-5-7-14-6-3-4-8-16(14)17/h3-13,20,22H,1-2H3,(H,23,24). The van der Waals surface area contributed by atoms with Gasteiger partial charge in [0.2, 0.25) is 0 Å². The van der Waals surface area contributed by atoms with Gasteiger partial charge in [0.25, 0.3) is 5.91 Å². The van der Waals surface area contributed by atoms with E-state index in [1.165, 1.54) is 16.3 Å². The van der Waals surface area contributed by atoms with Gasteiger partial charge in [0, 0.05) is 0 Å². The van der Waals surface area contributed by atoms with Crippen LogP contribution >= 0.6 is 0 Å². The van der Waals surface area contributed by atoms with Gasteiger partial charge < -0.3 is 15.4 Å². The van der Waals surface area contributed by atoms with Crippen molar-refractivity contribution in [3.8, 4) is 5.75 Å². The lowest BCUT2D eigenvalue weighted by molar-refractivity contribution is -0.122. The highest BCUT2D eigenvalue weighted by Crippen LogP contribution is 2.35. The number of rotatable bonds is 3. The first-order valence-corrected chi connectivity index (χ1v) is 8.44. The number of fused-ring (bicyclic) bond motifs is 2. The second kappa shape index (κ2) is 6.22. The molecular weight excluding hydrogens is 312 g/mol. The normalized spacial score (nSPS) is 17.5. The minimum atomic E-state index is -0.462.